The molecule has 7 heteroatoms. The molecule has 2 aliphatic rings. The Morgan fingerprint density at radius 3 is 2.43 bits per heavy atom. The number of hydrogen-bond acceptors (Lipinski definition) is 4. The Kier molecular flexibility index (Phi) is 5.68. The van der Waals surface area contributed by atoms with Crippen LogP contribution in [0.5, 0.6) is 0 Å². The summed E-state index contributed by atoms with van der Waals surface area (Å²) in [6.07, 6.45) is 7.43. The second-order valence-corrected chi connectivity index (χ2v) is 8.74. The molecule has 0 bridgehead atoms. The molecule has 0 radical (unpaired) electrons. The van der Waals surface area contributed by atoms with Gasteiger partial charge in [-0.25, -0.2) is 4.98 Å². The predicted molar refractivity (Wildman–Crippen MR) is 115 cm³/mol. The van der Waals surface area contributed by atoms with Gasteiger partial charge in [0.2, 0.25) is 5.95 Å². The maximum absolute atomic E-state index is 13.1. The lowest BCUT2D eigenvalue weighted by Gasteiger charge is -2.42. The van der Waals surface area contributed by atoms with Crippen LogP contribution in [0.4, 0.5) is 11.6 Å². The van der Waals surface area contributed by atoms with Gasteiger partial charge in [-0.2, -0.15) is 0 Å². The van der Waals surface area contributed by atoms with Crippen LogP contribution in [0.3, 0.4) is 0 Å². The third-order valence-electron chi connectivity index (χ3n) is 6.05. The number of benzene rings is 1. The number of nitrogens with zero attached hydrogens (tertiary/aromatic N) is 4. The van der Waals surface area contributed by atoms with Gasteiger partial charge in [0.25, 0.3) is 5.56 Å². The summed E-state index contributed by atoms with van der Waals surface area (Å²) in [6.45, 7) is 4.98. The van der Waals surface area contributed by atoms with Gasteiger partial charge < -0.3 is 0 Å². The van der Waals surface area contributed by atoms with Crippen LogP contribution < -0.4 is 10.5 Å². The lowest BCUT2D eigenvalue weighted by atomic mass is 10.1. The van der Waals surface area contributed by atoms with Crippen molar-refractivity contribution >= 4 is 34.8 Å². The minimum Gasteiger partial charge on any atom is -0.297 e. The summed E-state index contributed by atoms with van der Waals surface area (Å²) in [7, 11) is 0. The molecule has 1 fully saturated rings. The first-order valence-electron chi connectivity index (χ1n) is 10.0. The minimum atomic E-state index is 0.0240. The van der Waals surface area contributed by atoms with Crippen molar-refractivity contribution in [3.63, 3.8) is 0 Å². The smallest absolute Gasteiger partial charge is 0.259 e. The normalized spacial score (nSPS) is 18.8. The van der Waals surface area contributed by atoms with Crippen molar-refractivity contribution in [3.8, 4) is 0 Å². The molecule has 4 rings (SSSR count). The molecule has 1 saturated carbocycles. The lowest BCUT2D eigenvalue weighted by molar-refractivity contribution is 0.123. The van der Waals surface area contributed by atoms with Gasteiger partial charge in [-0.3, -0.25) is 19.2 Å². The summed E-state index contributed by atoms with van der Waals surface area (Å²) in [6, 6.07) is 5.95. The fourth-order valence-corrected chi connectivity index (χ4v) is 4.80. The van der Waals surface area contributed by atoms with Crippen molar-refractivity contribution < 1.29 is 0 Å². The molecule has 2 heterocycles. The summed E-state index contributed by atoms with van der Waals surface area (Å²) >= 11 is 12.7. The topological polar surface area (TPSA) is 41.4 Å². The van der Waals surface area contributed by atoms with Crippen LogP contribution in [-0.4, -0.2) is 27.2 Å². The van der Waals surface area contributed by atoms with E-state index in [1.165, 1.54) is 38.5 Å². The van der Waals surface area contributed by atoms with Gasteiger partial charge in [-0.05, 0) is 44.9 Å². The largest absolute Gasteiger partial charge is 0.297 e. The molecule has 0 atom stereocenters. The van der Waals surface area contributed by atoms with E-state index in [1.807, 2.05) is 26.0 Å². The summed E-state index contributed by atoms with van der Waals surface area (Å²) < 4.78 is 1.79. The fraction of sp³-hybridized carbons (Fsp3) is 0.524. The molecule has 0 spiro atoms. The number of aromatic nitrogens is 2. The lowest BCUT2D eigenvalue weighted by Crippen LogP contribution is -2.51. The zero-order chi connectivity index (χ0) is 19.8. The Bertz CT molecular complexity index is 935. The Labute approximate surface area is 175 Å². The van der Waals surface area contributed by atoms with E-state index >= 15 is 0 Å². The molecular weight excluding hydrogens is 395 g/mol. The van der Waals surface area contributed by atoms with Crippen molar-refractivity contribution in [3.05, 3.63) is 49.9 Å². The zero-order valence-electron chi connectivity index (χ0n) is 16.4. The molecule has 1 aromatic heterocycles. The number of anilines is 2. The van der Waals surface area contributed by atoms with Gasteiger partial charge in [-0.1, -0.05) is 48.9 Å². The van der Waals surface area contributed by atoms with Gasteiger partial charge in [0.05, 0.1) is 24.0 Å². The third-order valence-corrected chi connectivity index (χ3v) is 6.58. The van der Waals surface area contributed by atoms with E-state index in [2.05, 4.69) is 9.80 Å². The first-order valence-corrected chi connectivity index (χ1v) is 10.8. The third kappa shape index (κ3) is 3.68. The molecule has 0 unspecified atom stereocenters. The van der Waals surface area contributed by atoms with Gasteiger partial charge >= 0.3 is 0 Å². The van der Waals surface area contributed by atoms with Crippen molar-refractivity contribution in [2.45, 2.75) is 65.1 Å². The van der Waals surface area contributed by atoms with E-state index in [-0.39, 0.29) is 5.56 Å². The van der Waals surface area contributed by atoms with Crippen LogP contribution in [0.25, 0.3) is 0 Å². The quantitative estimate of drug-likeness (QED) is 0.621. The van der Waals surface area contributed by atoms with Crippen molar-refractivity contribution in [1.29, 1.82) is 0 Å². The fourth-order valence-electron chi connectivity index (χ4n) is 4.29. The Morgan fingerprint density at radius 2 is 1.75 bits per heavy atom. The van der Waals surface area contributed by atoms with Crippen LogP contribution in [0.15, 0.2) is 23.0 Å². The highest BCUT2D eigenvalue weighted by molar-refractivity contribution is 6.36. The minimum absolute atomic E-state index is 0.0240. The number of hydrogen-bond donors (Lipinski definition) is 0. The standard InChI is InChI=1S/C21H26Cl2N4O/c1-14-15(2)24-21-26(19-10-9-16(22)11-18(19)23)12-25(13-27(21)20(14)28)17-7-5-3-4-6-8-17/h9-11,17H,3-8,12-13H2,1-2H3. The highest BCUT2D eigenvalue weighted by Crippen LogP contribution is 2.36. The summed E-state index contributed by atoms with van der Waals surface area (Å²) in [5.41, 5.74) is 2.31. The number of rotatable bonds is 2. The van der Waals surface area contributed by atoms with Crippen molar-refractivity contribution in [1.82, 2.24) is 14.5 Å². The summed E-state index contributed by atoms with van der Waals surface area (Å²) in [4.78, 5) is 22.3. The highest BCUT2D eigenvalue weighted by atomic mass is 35.5. The van der Waals surface area contributed by atoms with Crippen LogP contribution in [0.1, 0.15) is 49.8 Å². The predicted octanol–water partition coefficient (Wildman–Crippen LogP) is 5.26. The second kappa shape index (κ2) is 8.05. The first kappa shape index (κ1) is 19.7. The molecule has 150 valence electrons. The molecule has 1 aliphatic heterocycles. The van der Waals surface area contributed by atoms with E-state index < -0.39 is 0 Å². The Hall–Kier alpha value is -1.56. The van der Waals surface area contributed by atoms with Crippen LogP contribution in [0, 0.1) is 13.8 Å². The molecule has 2 aromatic rings. The summed E-state index contributed by atoms with van der Waals surface area (Å²) in [5.74, 6) is 0.655. The van der Waals surface area contributed by atoms with Gasteiger partial charge in [0.15, 0.2) is 0 Å². The van der Waals surface area contributed by atoms with E-state index in [9.17, 15) is 4.79 Å². The van der Waals surface area contributed by atoms with E-state index in [0.29, 0.717) is 40.9 Å². The van der Waals surface area contributed by atoms with Crippen LogP contribution >= 0.6 is 23.2 Å². The Morgan fingerprint density at radius 1 is 1.04 bits per heavy atom. The number of fused-ring (bicyclic) bond motifs is 1. The monoisotopic (exact) mass is 420 g/mol. The van der Waals surface area contributed by atoms with E-state index in [1.54, 1.807) is 10.6 Å². The average molecular weight is 421 g/mol. The van der Waals surface area contributed by atoms with Gasteiger partial charge in [-0.15, -0.1) is 0 Å². The van der Waals surface area contributed by atoms with Crippen LogP contribution in [0.2, 0.25) is 10.0 Å². The molecule has 0 N–H and O–H groups in total. The summed E-state index contributed by atoms with van der Waals surface area (Å²) in [5, 5.41) is 1.16. The van der Waals surface area contributed by atoms with Gasteiger partial charge in [0, 0.05) is 22.3 Å². The second-order valence-electron chi connectivity index (χ2n) is 7.90. The molecule has 1 aliphatic carbocycles. The molecule has 0 saturated heterocycles. The van der Waals surface area contributed by atoms with Gasteiger partial charge in [0.1, 0.15) is 0 Å². The highest BCUT2D eigenvalue weighted by Gasteiger charge is 2.32. The first-order chi connectivity index (χ1) is 13.5. The average Bonchev–Trinajstić information content (AvgIpc) is 2.96. The maximum Gasteiger partial charge on any atom is 0.259 e. The van der Waals surface area contributed by atoms with E-state index in [0.717, 1.165) is 11.4 Å². The Balaban J connectivity index is 1.81. The van der Waals surface area contributed by atoms with Crippen molar-refractivity contribution in [2.24, 2.45) is 0 Å². The molecular formula is C21H26Cl2N4O. The molecule has 0 amide bonds. The van der Waals surface area contributed by atoms with Crippen molar-refractivity contribution in [2.75, 3.05) is 11.6 Å². The number of aryl methyl sites for hydroxylation is 1. The maximum atomic E-state index is 13.1. The van der Waals surface area contributed by atoms with Crippen LogP contribution in [-0.2, 0) is 6.67 Å². The molecule has 28 heavy (non-hydrogen) atoms. The molecule has 5 nitrogen and oxygen atoms in total. The number of halogens is 2. The zero-order valence-corrected chi connectivity index (χ0v) is 17.9. The SMILES string of the molecule is Cc1nc2n(c(=O)c1C)CN(C1CCCCCC1)CN2c1ccc(Cl)cc1Cl. The molecule has 1 aromatic carbocycles. The van der Waals surface area contributed by atoms with E-state index in [4.69, 9.17) is 28.2 Å².